The number of aromatic hydroxyl groups is 1. The SMILES string of the molecule is Cn1nc(-c2cc(C(F)(F)F)c(F)c(O)c2F)c2cnc(N3CCC4(CC3)CNC4=O)nc21. The molecule has 0 saturated carbocycles. The highest BCUT2D eigenvalue weighted by Crippen LogP contribution is 2.42. The monoisotopic (exact) mass is 468 g/mol. The summed E-state index contributed by atoms with van der Waals surface area (Å²) in [5.41, 5.74) is -2.93. The van der Waals surface area contributed by atoms with Crippen molar-refractivity contribution in [2.75, 3.05) is 24.5 Å². The van der Waals surface area contributed by atoms with Crippen LogP contribution >= 0.6 is 0 Å². The Morgan fingerprint density at radius 3 is 2.45 bits per heavy atom. The number of rotatable bonds is 2. The van der Waals surface area contributed by atoms with E-state index in [0.717, 1.165) is 0 Å². The molecule has 13 heteroatoms. The van der Waals surface area contributed by atoms with Crippen LogP contribution in [-0.2, 0) is 18.0 Å². The largest absolute Gasteiger partial charge is 0.503 e. The lowest BCUT2D eigenvalue weighted by Crippen LogP contribution is -2.62. The first-order chi connectivity index (χ1) is 15.5. The van der Waals surface area contributed by atoms with Gasteiger partial charge < -0.3 is 15.3 Å². The molecule has 0 radical (unpaired) electrons. The molecule has 0 unspecified atom stereocenters. The predicted octanol–water partition coefficient (Wildman–Crippen LogP) is 2.75. The minimum Gasteiger partial charge on any atom is -0.503 e. The maximum atomic E-state index is 14.6. The molecule has 0 aliphatic carbocycles. The molecule has 1 aromatic carbocycles. The third kappa shape index (κ3) is 3.16. The molecular weight excluding hydrogens is 451 g/mol. The van der Waals surface area contributed by atoms with Gasteiger partial charge in [0.2, 0.25) is 11.9 Å². The van der Waals surface area contributed by atoms with Crippen LogP contribution in [0.25, 0.3) is 22.3 Å². The van der Waals surface area contributed by atoms with Crippen LogP contribution in [0.5, 0.6) is 5.75 Å². The van der Waals surface area contributed by atoms with E-state index in [9.17, 15) is 31.9 Å². The van der Waals surface area contributed by atoms with Crippen molar-refractivity contribution in [3.63, 3.8) is 0 Å². The highest BCUT2D eigenvalue weighted by atomic mass is 19.4. The summed E-state index contributed by atoms with van der Waals surface area (Å²) in [6, 6.07) is 0.272. The zero-order chi connectivity index (χ0) is 23.7. The fourth-order valence-corrected chi connectivity index (χ4v) is 4.33. The number of hydrogen-bond acceptors (Lipinski definition) is 6. The second kappa shape index (κ2) is 6.99. The average molecular weight is 468 g/mol. The molecule has 1 spiro atoms. The van der Waals surface area contributed by atoms with Crippen LogP contribution < -0.4 is 10.2 Å². The number of β-lactam (4-membered cyclic amide) rings is 1. The van der Waals surface area contributed by atoms with Gasteiger partial charge in [-0.2, -0.15) is 23.3 Å². The van der Waals surface area contributed by atoms with Gasteiger partial charge in [-0.25, -0.2) is 18.4 Å². The van der Waals surface area contributed by atoms with Crippen molar-refractivity contribution in [2.24, 2.45) is 12.5 Å². The molecule has 0 bridgehead atoms. The minimum atomic E-state index is -5.15. The van der Waals surface area contributed by atoms with E-state index < -0.39 is 34.7 Å². The van der Waals surface area contributed by atoms with Crippen molar-refractivity contribution in [3.8, 4) is 17.0 Å². The topological polar surface area (TPSA) is 96.2 Å². The lowest BCUT2D eigenvalue weighted by atomic mass is 9.72. The van der Waals surface area contributed by atoms with Gasteiger partial charge in [-0.3, -0.25) is 4.79 Å². The Morgan fingerprint density at radius 1 is 1.18 bits per heavy atom. The quantitative estimate of drug-likeness (QED) is 0.444. The Balaban J connectivity index is 1.54. The van der Waals surface area contributed by atoms with E-state index in [2.05, 4.69) is 20.4 Å². The zero-order valence-corrected chi connectivity index (χ0v) is 17.2. The number of amides is 1. The lowest BCUT2D eigenvalue weighted by molar-refractivity contribution is -0.141. The number of aryl methyl sites for hydroxylation is 1. The number of alkyl halides is 3. The van der Waals surface area contributed by atoms with Gasteiger partial charge in [0, 0.05) is 38.4 Å². The molecule has 5 rings (SSSR count). The first-order valence-electron chi connectivity index (χ1n) is 10.0. The second-order valence-corrected chi connectivity index (χ2v) is 8.28. The van der Waals surface area contributed by atoms with E-state index in [0.29, 0.717) is 38.4 Å². The molecule has 2 N–H and O–H groups in total. The molecule has 2 saturated heterocycles. The van der Waals surface area contributed by atoms with Gasteiger partial charge in [-0.1, -0.05) is 0 Å². The number of nitrogens with one attached hydrogen (secondary N) is 1. The summed E-state index contributed by atoms with van der Waals surface area (Å²) in [6.07, 6.45) is -2.58. The summed E-state index contributed by atoms with van der Waals surface area (Å²) in [5.74, 6) is -5.02. The second-order valence-electron chi connectivity index (χ2n) is 8.28. The van der Waals surface area contributed by atoms with E-state index >= 15 is 0 Å². The molecule has 33 heavy (non-hydrogen) atoms. The van der Waals surface area contributed by atoms with Crippen molar-refractivity contribution in [1.82, 2.24) is 25.1 Å². The number of phenolic OH excluding ortho intramolecular Hbond substituents is 1. The highest BCUT2D eigenvalue weighted by Gasteiger charge is 2.48. The van der Waals surface area contributed by atoms with Crippen molar-refractivity contribution >= 4 is 22.9 Å². The Bertz CT molecular complexity index is 1300. The number of hydrogen-bond donors (Lipinski definition) is 2. The number of carbonyl (C=O) groups excluding carboxylic acids is 1. The van der Waals surface area contributed by atoms with E-state index in [-0.39, 0.29) is 34.1 Å². The van der Waals surface area contributed by atoms with Crippen LogP contribution in [0.4, 0.5) is 27.9 Å². The number of anilines is 1. The van der Waals surface area contributed by atoms with E-state index in [4.69, 9.17) is 0 Å². The van der Waals surface area contributed by atoms with Crippen LogP contribution in [-0.4, -0.2) is 50.4 Å². The number of aromatic nitrogens is 4. The first kappa shape index (κ1) is 21.3. The highest BCUT2D eigenvalue weighted by molar-refractivity contribution is 5.92. The maximum Gasteiger partial charge on any atom is 0.419 e. The number of phenols is 1. The number of benzene rings is 1. The Labute approximate surface area is 183 Å². The summed E-state index contributed by atoms with van der Waals surface area (Å²) in [6.45, 7) is 1.72. The van der Waals surface area contributed by atoms with Gasteiger partial charge in [0.1, 0.15) is 5.69 Å². The van der Waals surface area contributed by atoms with E-state index in [1.165, 1.54) is 17.9 Å². The number of halogens is 5. The summed E-state index contributed by atoms with van der Waals surface area (Å²) in [5, 5.41) is 16.6. The van der Waals surface area contributed by atoms with Gasteiger partial charge in [0.25, 0.3) is 0 Å². The molecule has 174 valence electrons. The number of nitrogens with zero attached hydrogens (tertiary/aromatic N) is 5. The van der Waals surface area contributed by atoms with Crippen LogP contribution in [0.2, 0.25) is 0 Å². The zero-order valence-electron chi connectivity index (χ0n) is 17.2. The average Bonchev–Trinajstić information content (AvgIpc) is 3.11. The summed E-state index contributed by atoms with van der Waals surface area (Å²) in [7, 11) is 1.47. The molecule has 2 aliphatic heterocycles. The number of piperidine rings is 1. The molecule has 3 aromatic rings. The lowest BCUT2D eigenvalue weighted by Gasteiger charge is -2.46. The van der Waals surface area contributed by atoms with E-state index in [1.54, 1.807) is 0 Å². The van der Waals surface area contributed by atoms with Crippen molar-refractivity contribution in [1.29, 1.82) is 0 Å². The Hall–Kier alpha value is -3.51. The molecule has 0 atom stereocenters. The third-order valence-corrected chi connectivity index (χ3v) is 6.38. The van der Waals surface area contributed by atoms with Crippen LogP contribution in [0.3, 0.4) is 0 Å². The van der Waals surface area contributed by atoms with Crippen molar-refractivity contribution < 1.29 is 31.9 Å². The van der Waals surface area contributed by atoms with Gasteiger partial charge in [0.05, 0.1) is 16.4 Å². The number of fused-ring (bicyclic) bond motifs is 1. The summed E-state index contributed by atoms with van der Waals surface area (Å²) in [4.78, 5) is 22.4. The molecular formula is C20H17F5N6O2. The van der Waals surface area contributed by atoms with Crippen LogP contribution in [0.15, 0.2) is 12.3 Å². The van der Waals surface area contributed by atoms with Crippen LogP contribution in [0, 0.1) is 17.0 Å². The molecule has 8 nitrogen and oxygen atoms in total. The molecule has 2 aliphatic rings. The Morgan fingerprint density at radius 2 is 1.88 bits per heavy atom. The standard InChI is InChI=1S/C20H17F5N6O2/c1-30-16-10(7-26-18(28-16)31-4-2-19(3-5-31)8-27-17(19)33)14(29-30)9-6-11(20(23,24)25)13(22)15(32)12(9)21/h6-7,32H,2-5,8H2,1H3,(H,27,33). The summed E-state index contributed by atoms with van der Waals surface area (Å²) >= 11 is 0. The maximum absolute atomic E-state index is 14.6. The van der Waals surface area contributed by atoms with E-state index in [1.807, 2.05) is 4.90 Å². The van der Waals surface area contributed by atoms with Gasteiger partial charge >= 0.3 is 6.18 Å². The van der Waals surface area contributed by atoms with Crippen molar-refractivity contribution in [2.45, 2.75) is 19.0 Å². The van der Waals surface area contributed by atoms with Gasteiger partial charge in [0.15, 0.2) is 23.0 Å². The number of carbonyl (C=O) groups is 1. The Kier molecular flexibility index (Phi) is 4.52. The fourth-order valence-electron chi connectivity index (χ4n) is 4.33. The minimum absolute atomic E-state index is 0.0394. The first-order valence-corrected chi connectivity index (χ1v) is 10.0. The van der Waals surface area contributed by atoms with Gasteiger partial charge in [-0.05, 0) is 18.9 Å². The molecule has 4 heterocycles. The molecule has 2 fully saturated rings. The van der Waals surface area contributed by atoms with Crippen LogP contribution in [0.1, 0.15) is 18.4 Å². The van der Waals surface area contributed by atoms with Crippen molar-refractivity contribution in [3.05, 3.63) is 29.5 Å². The smallest absolute Gasteiger partial charge is 0.419 e. The fraction of sp³-hybridized carbons (Fsp3) is 0.400. The normalized spacial score (nSPS) is 18.0. The third-order valence-electron chi connectivity index (χ3n) is 6.38. The summed E-state index contributed by atoms with van der Waals surface area (Å²) < 4.78 is 69.2. The van der Waals surface area contributed by atoms with Gasteiger partial charge in [-0.15, -0.1) is 0 Å². The molecule has 2 aromatic heterocycles. The molecule has 1 amide bonds. The predicted molar refractivity (Wildman–Crippen MR) is 105 cm³/mol.